The quantitative estimate of drug-likeness (QED) is 0.420. The van der Waals surface area contributed by atoms with E-state index in [1.165, 1.54) is 4.55 Å². The number of alkyl halides is 1. The lowest BCUT2D eigenvalue weighted by Crippen LogP contribution is -2.17. The highest BCUT2D eigenvalue weighted by Crippen LogP contribution is 2.06. The van der Waals surface area contributed by atoms with Crippen LogP contribution in [0.15, 0.2) is 12.3 Å². The SMILES string of the molecule is N#CCCN1C=CC=IC1. The maximum Gasteiger partial charge on any atom is 0.0646 e. The van der Waals surface area contributed by atoms with Crippen molar-refractivity contribution in [1.82, 2.24) is 4.90 Å². The number of nitriles is 1. The van der Waals surface area contributed by atoms with Crippen molar-refractivity contribution in [3.05, 3.63) is 12.3 Å². The first-order valence-electron chi connectivity index (χ1n) is 3.12. The van der Waals surface area contributed by atoms with Crippen LogP contribution in [0.3, 0.4) is 0 Å². The Hall–Kier alpha value is -0.370. The molecule has 0 bridgehead atoms. The van der Waals surface area contributed by atoms with Gasteiger partial charge in [0.05, 0.1) is 17.0 Å². The smallest absolute Gasteiger partial charge is 0.0646 e. The van der Waals surface area contributed by atoms with Gasteiger partial charge in [0, 0.05) is 12.7 Å². The minimum absolute atomic E-state index is 0.261. The molecular formula is C7H9IN2. The molecule has 0 aromatic rings. The molecule has 2 nitrogen and oxygen atoms in total. The first kappa shape index (κ1) is 7.73. The van der Waals surface area contributed by atoms with Crippen molar-refractivity contribution in [2.75, 3.05) is 11.1 Å². The summed E-state index contributed by atoms with van der Waals surface area (Å²) in [5, 5.41) is 8.30. The third-order valence-electron chi connectivity index (χ3n) is 1.19. The summed E-state index contributed by atoms with van der Waals surface area (Å²) in [7, 11) is 0. The van der Waals surface area contributed by atoms with Gasteiger partial charge in [-0.05, 0) is 10.1 Å². The molecule has 54 valence electrons. The Kier molecular flexibility index (Phi) is 3.44. The van der Waals surface area contributed by atoms with Crippen molar-refractivity contribution in [3.8, 4) is 6.07 Å². The normalized spacial score (nSPS) is 16.1. The Labute approximate surface area is 70.9 Å². The topological polar surface area (TPSA) is 27.0 Å². The molecule has 0 saturated heterocycles. The zero-order valence-electron chi connectivity index (χ0n) is 5.63. The van der Waals surface area contributed by atoms with Crippen molar-refractivity contribution >= 4 is 24.7 Å². The van der Waals surface area contributed by atoms with Crippen molar-refractivity contribution in [2.45, 2.75) is 6.42 Å². The molecule has 0 atom stereocenters. The van der Waals surface area contributed by atoms with Gasteiger partial charge in [0.1, 0.15) is 0 Å². The monoisotopic (exact) mass is 248 g/mol. The molecule has 1 aliphatic heterocycles. The molecule has 3 heteroatoms. The van der Waals surface area contributed by atoms with Gasteiger partial charge in [-0.3, -0.25) is 0 Å². The van der Waals surface area contributed by atoms with Crippen LogP contribution in [0.25, 0.3) is 0 Å². The minimum atomic E-state index is 0.261. The minimum Gasteiger partial charge on any atom is -0.368 e. The largest absolute Gasteiger partial charge is 0.368 e. The number of hydrogen-bond acceptors (Lipinski definition) is 2. The molecular weight excluding hydrogens is 239 g/mol. The fourth-order valence-electron chi connectivity index (χ4n) is 0.702. The van der Waals surface area contributed by atoms with Crippen LogP contribution in [0.2, 0.25) is 0 Å². The molecule has 10 heavy (non-hydrogen) atoms. The van der Waals surface area contributed by atoms with E-state index in [9.17, 15) is 0 Å². The van der Waals surface area contributed by atoms with Crippen LogP contribution in [0.5, 0.6) is 0 Å². The van der Waals surface area contributed by atoms with Crippen LogP contribution >= 0.6 is 20.7 Å². The molecule has 0 amide bonds. The lowest BCUT2D eigenvalue weighted by atomic mass is 10.4. The number of rotatable bonds is 2. The van der Waals surface area contributed by atoms with Crippen LogP contribution < -0.4 is 0 Å². The molecule has 0 spiro atoms. The second-order valence-corrected chi connectivity index (χ2v) is 4.24. The Morgan fingerprint density at radius 3 is 3.20 bits per heavy atom. The number of halogens is 1. The van der Waals surface area contributed by atoms with Gasteiger partial charge < -0.3 is 4.90 Å². The summed E-state index contributed by atoms with van der Waals surface area (Å²) in [6, 6.07) is 2.14. The molecule has 0 unspecified atom stereocenters. The summed E-state index contributed by atoms with van der Waals surface area (Å²) < 4.78 is 3.43. The Morgan fingerprint density at radius 1 is 1.70 bits per heavy atom. The molecule has 0 aromatic heterocycles. The molecule has 0 fully saturated rings. The molecule has 0 N–H and O–H groups in total. The van der Waals surface area contributed by atoms with E-state index in [4.69, 9.17) is 5.26 Å². The highest BCUT2D eigenvalue weighted by molar-refractivity contribution is 14.2. The van der Waals surface area contributed by atoms with E-state index in [-0.39, 0.29) is 20.7 Å². The van der Waals surface area contributed by atoms with Crippen LogP contribution in [-0.2, 0) is 0 Å². The third-order valence-corrected chi connectivity index (χ3v) is 3.39. The van der Waals surface area contributed by atoms with E-state index in [2.05, 4.69) is 27.3 Å². The van der Waals surface area contributed by atoms with Gasteiger partial charge in [0.25, 0.3) is 0 Å². The Balaban J connectivity index is 2.25. The van der Waals surface area contributed by atoms with Gasteiger partial charge in [-0.25, -0.2) is 0 Å². The first-order valence-corrected chi connectivity index (χ1v) is 5.89. The second kappa shape index (κ2) is 4.45. The van der Waals surface area contributed by atoms with Crippen LogP contribution in [0.4, 0.5) is 0 Å². The molecule has 0 aliphatic carbocycles. The molecule has 0 aromatic carbocycles. The standard InChI is InChI=1S/C7H9IN2/c9-4-2-6-10-5-1-3-8-7-10/h1,3,5H,2,6-7H2. The van der Waals surface area contributed by atoms with E-state index in [0.717, 1.165) is 6.54 Å². The van der Waals surface area contributed by atoms with Crippen molar-refractivity contribution in [2.24, 2.45) is 0 Å². The van der Waals surface area contributed by atoms with Gasteiger partial charge >= 0.3 is 0 Å². The van der Waals surface area contributed by atoms with E-state index >= 15 is 0 Å². The van der Waals surface area contributed by atoms with E-state index in [0.29, 0.717) is 6.42 Å². The maximum absolute atomic E-state index is 8.30. The average molecular weight is 248 g/mol. The highest BCUT2D eigenvalue weighted by Gasteiger charge is 1.97. The van der Waals surface area contributed by atoms with Gasteiger partial charge in [-0.2, -0.15) is 5.26 Å². The Bertz CT molecular complexity index is 190. The van der Waals surface area contributed by atoms with Crippen LogP contribution in [0, 0.1) is 11.3 Å². The molecule has 0 saturated carbocycles. The molecule has 1 heterocycles. The predicted octanol–water partition coefficient (Wildman–Crippen LogP) is 1.46. The van der Waals surface area contributed by atoms with Crippen molar-refractivity contribution in [1.29, 1.82) is 5.26 Å². The summed E-state index contributed by atoms with van der Waals surface area (Å²) in [5.41, 5.74) is 0. The average Bonchev–Trinajstić information content (AvgIpc) is 2.03. The molecule has 1 rings (SSSR count). The van der Waals surface area contributed by atoms with Crippen LogP contribution in [-0.4, -0.2) is 20.0 Å². The Morgan fingerprint density at radius 2 is 2.60 bits per heavy atom. The van der Waals surface area contributed by atoms with Gasteiger partial charge in [0.2, 0.25) is 0 Å². The summed E-state index contributed by atoms with van der Waals surface area (Å²) in [5.74, 6) is 0. The number of allylic oxidation sites excluding steroid dienone is 1. The van der Waals surface area contributed by atoms with Gasteiger partial charge in [-0.15, -0.1) is 20.7 Å². The summed E-state index contributed by atoms with van der Waals surface area (Å²) in [6.45, 7) is 0.903. The highest BCUT2D eigenvalue weighted by atomic mass is 127. The lowest BCUT2D eigenvalue weighted by molar-refractivity contribution is 0.459. The number of hydrogen-bond donors (Lipinski definition) is 0. The van der Waals surface area contributed by atoms with E-state index < -0.39 is 0 Å². The van der Waals surface area contributed by atoms with Crippen molar-refractivity contribution in [3.63, 3.8) is 0 Å². The number of nitrogens with zero attached hydrogens (tertiary/aromatic N) is 2. The van der Waals surface area contributed by atoms with Crippen LogP contribution in [0.1, 0.15) is 6.42 Å². The summed E-state index contributed by atoms with van der Waals surface area (Å²) in [6.07, 6.45) is 4.81. The summed E-state index contributed by atoms with van der Waals surface area (Å²) >= 11 is 0.261. The van der Waals surface area contributed by atoms with Gasteiger partial charge in [-0.1, -0.05) is 0 Å². The van der Waals surface area contributed by atoms with E-state index in [1.54, 1.807) is 0 Å². The fourth-order valence-corrected chi connectivity index (χ4v) is 2.48. The third kappa shape index (κ3) is 2.48. The predicted molar refractivity (Wildman–Crippen MR) is 51.0 cm³/mol. The second-order valence-electron chi connectivity index (χ2n) is 1.96. The molecule has 0 radical (unpaired) electrons. The fraction of sp³-hybridized carbons (Fsp3) is 0.429. The zero-order valence-corrected chi connectivity index (χ0v) is 7.78. The first-order chi connectivity index (χ1) is 4.93. The molecule has 1 aliphatic rings. The zero-order chi connectivity index (χ0) is 7.23. The van der Waals surface area contributed by atoms with Crippen molar-refractivity contribution < 1.29 is 0 Å². The maximum atomic E-state index is 8.30. The lowest BCUT2D eigenvalue weighted by Gasteiger charge is -2.17. The van der Waals surface area contributed by atoms with Gasteiger partial charge in [0.15, 0.2) is 0 Å². The summed E-state index contributed by atoms with van der Waals surface area (Å²) in [4.78, 5) is 2.22. The van der Waals surface area contributed by atoms with E-state index in [1.807, 2.05) is 0 Å².